The van der Waals surface area contributed by atoms with Crippen molar-refractivity contribution in [1.29, 1.82) is 0 Å². The maximum absolute atomic E-state index is 10.1. The zero-order chi connectivity index (χ0) is 10.6. The Balaban J connectivity index is 2.81. The monoisotopic (exact) mass is 196 g/mol. The molecule has 80 valence electrons. The molecule has 0 aliphatic heterocycles. The van der Waals surface area contributed by atoms with Gasteiger partial charge in [0.2, 0.25) is 0 Å². The normalized spacial score (nSPS) is 13.5. The van der Waals surface area contributed by atoms with Crippen LogP contribution in [-0.2, 0) is 6.42 Å². The molecule has 0 bridgehead atoms. The first kappa shape index (κ1) is 11.3. The van der Waals surface area contributed by atoms with E-state index in [0.717, 1.165) is 30.6 Å². The van der Waals surface area contributed by atoms with Gasteiger partial charge in [-0.25, -0.2) is 0 Å². The molecular weight excluding hydrogens is 176 g/mol. The predicted octanol–water partition coefficient (Wildman–Crippen LogP) is 3.31. The van der Waals surface area contributed by atoms with Crippen LogP contribution in [0.5, 0.6) is 0 Å². The van der Waals surface area contributed by atoms with Crippen LogP contribution in [0.3, 0.4) is 0 Å². The van der Waals surface area contributed by atoms with E-state index >= 15 is 0 Å². The molecule has 2 heteroatoms. The first-order chi connectivity index (χ1) is 6.74. The second-order valence-corrected chi connectivity index (χ2v) is 3.67. The molecule has 0 fully saturated rings. The molecule has 1 unspecified atom stereocenters. The van der Waals surface area contributed by atoms with Crippen molar-refractivity contribution in [1.82, 2.24) is 0 Å². The minimum absolute atomic E-state index is 0.345. The summed E-state index contributed by atoms with van der Waals surface area (Å²) in [6, 6.07) is 1.89. The molecule has 0 saturated heterocycles. The fourth-order valence-electron chi connectivity index (χ4n) is 1.89. The van der Waals surface area contributed by atoms with Crippen LogP contribution in [0.1, 0.15) is 51.0 Å². The molecule has 0 aliphatic carbocycles. The third kappa shape index (κ3) is 2.18. The Morgan fingerprint density at radius 2 is 1.93 bits per heavy atom. The lowest BCUT2D eigenvalue weighted by Crippen LogP contribution is -2.11. The minimum Gasteiger partial charge on any atom is -0.469 e. The fraction of sp³-hybridized carbons (Fsp3) is 0.667. The number of hydrogen-bond acceptors (Lipinski definition) is 2. The minimum atomic E-state index is -0.362. The van der Waals surface area contributed by atoms with E-state index in [9.17, 15) is 5.11 Å². The first-order valence-corrected chi connectivity index (χ1v) is 5.48. The smallest absolute Gasteiger partial charge is 0.109 e. The molecule has 0 aromatic carbocycles. The number of aliphatic hydroxyl groups excluding tert-OH is 1. The van der Waals surface area contributed by atoms with Crippen LogP contribution < -0.4 is 0 Å². The van der Waals surface area contributed by atoms with Crippen molar-refractivity contribution in [2.45, 2.75) is 46.1 Å². The van der Waals surface area contributed by atoms with Gasteiger partial charge in [-0.15, -0.1) is 0 Å². The van der Waals surface area contributed by atoms with Gasteiger partial charge in [0.15, 0.2) is 0 Å². The summed E-state index contributed by atoms with van der Waals surface area (Å²) in [5.41, 5.74) is 0.973. The summed E-state index contributed by atoms with van der Waals surface area (Å²) in [4.78, 5) is 0. The zero-order valence-electron chi connectivity index (χ0n) is 9.29. The molecule has 14 heavy (non-hydrogen) atoms. The Bertz CT molecular complexity index is 261. The van der Waals surface area contributed by atoms with E-state index in [2.05, 4.69) is 13.8 Å². The molecule has 2 nitrogen and oxygen atoms in total. The molecule has 1 rings (SSSR count). The highest BCUT2D eigenvalue weighted by atomic mass is 16.3. The van der Waals surface area contributed by atoms with Crippen LogP contribution in [0.25, 0.3) is 0 Å². The van der Waals surface area contributed by atoms with Gasteiger partial charge >= 0.3 is 0 Å². The summed E-state index contributed by atoms with van der Waals surface area (Å²) in [6.07, 6.45) is 4.16. The number of furan rings is 1. The van der Waals surface area contributed by atoms with E-state index in [-0.39, 0.29) is 6.10 Å². The second-order valence-electron chi connectivity index (χ2n) is 3.67. The van der Waals surface area contributed by atoms with Crippen LogP contribution in [0.2, 0.25) is 0 Å². The standard InChI is InChI=1S/C12H20O2/c1-4-9(5-2)12(13)10-7-8-14-11(10)6-3/h7-9,12-13H,4-6H2,1-3H3. The molecule has 0 saturated carbocycles. The Morgan fingerprint density at radius 1 is 1.29 bits per heavy atom. The van der Waals surface area contributed by atoms with Crippen molar-refractivity contribution in [3.05, 3.63) is 23.7 Å². The van der Waals surface area contributed by atoms with Crippen LogP contribution in [0.15, 0.2) is 16.7 Å². The van der Waals surface area contributed by atoms with Gasteiger partial charge < -0.3 is 9.52 Å². The summed E-state index contributed by atoms with van der Waals surface area (Å²) in [5, 5.41) is 10.1. The molecule has 1 heterocycles. The van der Waals surface area contributed by atoms with Gasteiger partial charge in [-0.2, -0.15) is 0 Å². The van der Waals surface area contributed by atoms with Gasteiger partial charge in [-0.05, 0) is 12.0 Å². The van der Waals surface area contributed by atoms with Gasteiger partial charge in [-0.3, -0.25) is 0 Å². The van der Waals surface area contributed by atoms with Crippen LogP contribution >= 0.6 is 0 Å². The summed E-state index contributed by atoms with van der Waals surface area (Å²) < 4.78 is 5.31. The summed E-state index contributed by atoms with van der Waals surface area (Å²) in [7, 11) is 0. The number of aliphatic hydroxyl groups is 1. The average Bonchev–Trinajstić information content (AvgIpc) is 2.67. The number of rotatable bonds is 5. The van der Waals surface area contributed by atoms with Crippen LogP contribution in [0, 0.1) is 5.92 Å². The van der Waals surface area contributed by atoms with Gasteiger partial charge in [0.05, 0.1) is 12.4 Å². The topological polar surface area (TPSA) is 33.4 Å². The van der Waals surface area contributed by atoms with E-state index in [1.807, 2.05) is 13.0 Å². The highest BCUT2D eigenvalue weighted by molar-refractivity contribution is 5.20. The number of hydrogen-bond donors (Lipinski definition) is 1. The van der Waals surface area contributed by atoms with E-state index in [1.54, 1.807) is 6.26 Å². The molecule has 1 N–H and O–H groups in total. The Hall–Kier alpha value is -0.760. The highest BCUT2D eigenvalue weighted by Gasteiger charge is 2.21. The molecule has 1 aromatic rings. The highest BCUT2D eigenvalue weighted by Crippen LogP contribution is 2.30. The van der Waals surface area contributed by atoms with E-state index in [4.69, 9.17) is 4.42 Å². The zero-order valence-corrected chi connectivity index (χ0v) is 9.29. The van der Waals surface area contributed by atoms with Gasteiger partial charge in [-0.1, -0.05) is 33.6 Å². The van der Waals surface area contributed by atoms with Crippen molar-refractivity contribution in [3.8, 4) is 0 Å². The van der Waals surface area contributed by atoms with Crippen molar-refractivity contribution in [2.75, 3.05) is 0 Å². The quantitative estimate of drug-likeness (QED) is 0.783. The predicted molar refractivity (Wildman–Crippen MR) is 57.1 cm³/mol. The van der Waals surface area contributed by atoms with E-state index in [0.29, 0.717) is 5.92 Å². The summed E-state index contributed by atoms with van der Waals surface area (Å²) >= 11 is 0. The SMILES string of the molecule is CCc1occc1C(O)C(CC)CC. The van der Waals surface area contributed by atoms with E-state index in [1.165, 1.54) is 0 Å². The van der Waals surface area contributed by atoms with Gasteiger partial charge in [0, 0.05) is 12.0 Å². The van der Waals surface area contributed by atoms with Crippen molar-refractivity contribution in [3.63, 3.8) is 0 Å². The molecule has 0 radical (unpaired) electrons. The molecule has 0 aliphatic rings. The maximum atomic E-state index is 10.1. The first-order valence-electron chi connectivity index (χ1n) is 5.48. The lowest BCUT2D eigenvalue weighted by atomic mass is 9.91. The Kier molecular flexibility index (Phi) is 4.21. The fourth-order valence-corrected chi connectivity index (χ4v) is 1.89. The number of aryl methyl sites for hydroxylation is 1. The largest absolute Gasteiger partial charge is 0.469 e. The third-order valence-corrected chi connectivity index (χ3v) is 2.91. The molecule has 0 spiro atoms. The summed E-state index contributed by atoms with van der Waals surface area (Å²) in [6.45, 7) is 6.27. The lowest BCUT2D eigenvalue weighted by Gasteiger charge is -2.19. The second kappa shape index (κ2) is 5.20. The van der Waals surface area contributed by atoms with Crippen LogP contribution in [-0.4, -0.2) is 5.11 Å². The van der Waals surface area contributed by atoms with E-state index < -0.39 is 0 Å². The van der Waals surface area contributed by atoms with Gasteiger partial charge in [0.25, 0.3) is 0 Å². The molecular formula is C12H20O2. The van der Waals surface area contributed by atoms with Crippen LogP contribution in [0.4, 0.5) is 0 Å². The molecule has 1 atom stereocenters. The third-order valence-electron chi connectivity index (χ3n) is 2.91. The average molecular weight is 196 g/mol. The molecule has 0 amide bonds. The Morgan fingerprint density at radius 3 is 2.43 bits per heavy atom. The van der Waals surface area contributed by atoms with Gasteiger partial charge in [0.1, 0.15) is 5.76 Å². The molecule has 1 aromatic heterocycles. The van der Waals surface area contributed by atoms with Crippen molar-refractivity contribution in [2.24, 2.45) is 5.92 Å². The lowest BCUT2D eigenvalue weighted by molar-refractivity contribution is 0.101. The van der Waals surface area contributed by atoms with Crippen molar-refractivity contribution < 1.29 is 9.52 Å². The Labute approximate surface area is 85.9 Å². The maximum Gasteiger partial charge on any atom is 0.109 e. The van der Waals surface area contributed by atoms with Crippen molar-refractivity contribution >= 4 is 0 Å². The summed E-state index contributed by atoms with van der Waals surface area (Å²) in [5.74, 6) is 1.27.